The smallest absolute Gasteiger partial charge is 0.234 e. The molecule has 1 amide bonds. The van der Waals surface area contributed by atoms with E-state index >= 15 is 0 Å². The van der Waals surface area contributed by atoms with Gasteiger partial charge in [0.2, 0.25) is 5.91 Å². The van der Waals surface area contributed by atoms with Crippen LogP contribution in [0, 0.1) is 12.3 Å². The fourth-order valence-electron chi connectivity index (χ4n) is 1.25. The second-order valence-electron chi connectivity index (χ2n) is 3.06. The molecule has 0 aromatic carbocycles. The van der Waals surface area contributed by atoms with Gasteiger partial charge in [0.1, 0.15) is 0 Å². The number of carbonyl (C=O) groups excluding carboxylic acids is 1. The third-order valence-corrected chi connectivity index (χ3v) is 2.11. The highest BCUT2D eigenvalue weighted by Gasteiger charge is 2.17. The Labute approximate surface area is 73.3 Å². The van der Waals surface area contributed by atoms with E-state index in [2.05, 4.69) is 17.9 Å². The first-order chi connectivity index (χ1) is 5.74. The van der Waals surface area contributed by atoms with Crippen LogP contribution in [0.1, 0.15) is 6.42 Å². The zero-order valence-electron chi connectivity index (χ0n) is 7.42. The van der Waals surface area contributed by atoms with Crippen LogP contribution in [0.15, 0.2) is 0 Å². The molecule has 1 heterocycles. The highest BCUT2D eigenvalue weighted by Crippen LogP contribution is 2.00. The number of rotatable bonds is 1. The number of amides is 1. The molecule has 3 heteroatoms. The summed E-state index contributed by atoms with van der Waals surface area (Å²) in [5, 5.41) is 0. The van der Waals surface area contributed by atoms with E-state index in [0.29, 0.717) is 0 Å². The minimum Gasteiger partial charge on any atom is -0.339 e. The van der Waals surface area contributed by atoms with Gasteiger partial charge >= 0.3 is 0 Å². The van der Waals surface area contributed by atoms with Crippen molar-refractivity contribution < 1.29 is 4.79 Å². The van der Waals surface area contributed by atoms with Crippen LogP contribution in [-0.4, -0.2) is 48.9 Å². The maximum absolute atomic E-state index is 11.3. The fourth-order valence-corrected chi connectivity index (χ4v) is 1.25. The molecule has 0 aliphatic carbocycles. The minimum atomic E-state index is 0.0885. The molecular formula is C9H14N2O. The molecule has 3 nitrogen and oxygen atoms in total. The van der Waals surface area contributed by atoms with E-state index in [1.165, 1.54) is 0 Å². The van der Waals surface area contributed by atoms with Gasteiger partial charge in [-0.05, 0) is 7.05 Å². The van der Waals surface area contributed by atoms with E-state index in [4.69, 9.17) is 6.42 Å². The van der Waals surface area contributed by atoms with Crippen LogP contribution < -0.4 is 0 Å². The van der Waals surface area contributed by atoms with Gasteiger partial charge in [-0.25, -0.2) is 0 Å². The van der Waals surface area contributed by atoms with Crippen LogP contribution in [0.25, 0.3) is 0 Å². The maximum atomic E-state index is 11.3. The lowest BCUT2D eigenvalue weighted by atomic mass is 10.3. The van der Waals surface area contributed by atoms with E-state index < -0.39 is 0 Å². The minimum absolute atomic E-state index is 0.0885. The van der Waals surface area contributed by atoms with Gasteiger partial charge in [-0.1, -0.05) is 5.92 Å². The molecule has 0 saturated carbocycles. The Morgan fingerprint density at radius 3 is 2.50 bits per heavy atom. The molecule has 0 atom stereocenters. The number of hydrogen-bond donors (Lipinski definition) is 0. The molecule has 0 unspecified atom stereocenters. The largest absolute Gasteiger partial charge is 0.339 e. The molecule has 0 aromatic heterocycles. The fraction of sp³-hybridized carbons (Fsp3) is 0.667. The van der Waals surface area contributed by atoms with Crippen LogP contribution in [0.4, 0.5) is 0 Å². The van der Waals surface area contributed by atoms with Crippen molar-refractivity contribution in [2.45, 2.75) is 6.42 Å². The first-order valence-electron chi connectivity index (χ1n) is 4.14. The Morgan fingerprint density at radius 2 is 2.00 bits per heavy atom. The molecule has 1 rings (SSSR count). The molecule has 1 saturated heterocycles. The molecule has 0 bridgehead atoms. The summed E-state index contributed by atoms with van der Waals surface area (Å²) >= 11 is 0. The first-order valence-corrected chi connectivity index (χ1v) is 4.14. The van der Waals surface area contributed by atoms with Gasteiger partial charge in [-0.3, -0.25) is 4.79 Å². The number of likely N-dealkylation sites (N-methyl/N-ethyl adjacent to an activating group) is 1. The number of terminal acetylenes is 1. The van der Waals surface area contributed by atoms with E-state index in [1.807, 2.05) is 4.90 Å². The molecule has 0 N–H and O–H groups in total. The van der Waals surface area contributed by atoms with Gasteiger partial charge in [0.15, 0.2) is 0 Å². The van der Waals surface area contributed by atoms with Crippen molar-refractivity contribution in [2.24, 2.45) is 0 Å². The zero-order chi connectivity index (χ0) is 8.97. The Balaban J connectivity index is 2.35. The van der Waals surface area contributed by atoms with Gasteiger partial charge in [0.05, 0.1) is 6.42 Å². The van der Waals surface area contributed by atoms with Crippen LogP contribution in [0.5, 0.6) is 0 Å². The van der Waals surface area contributed by atoms with Crippen molar-refractivity contribution in [1.29, 1.82) is 0 Å². The van der Waals surface area contributed by atoms with Gasteiger partial charge < -0.3 is 9.80 Å². The van der Waals surface area contributed by atoms with Crippen molar-refractivity contribution >= 4 is 5.91 Å². The second-order valence-corrected chi connectivity index (χ2v) is 3.06. The zero-order valence-corrected chi connectivity index (χ0v) is 7.42. The van der Waals surface area contributed by atoms with E-state index in [1.54, 1.807) is 0 Å². The molecule has 0 spiro atoms. The first kappa shape index (κ1) is 9.08. The molecule has 0 aromatic rings. The molecule has 1 aliphatic rings. The predicted octanol–water partition coefficient (Wildman–Crippen LogP) is -0.216. The van der Waals surface area contributed by atoms with E-state index in [9.17, 15) is 4.79 Å². The van der Waals surface area contributed by atoms with Gasteiger partial charge in [0.25, 0.3) is 0 Å². The van der Waals surface area contributed by atoms with Gasteiger partial charge in [-0.15, -0.1) is 6.42 Å². The lowest BCUT2D eigenvalue weighted by Crippen LogP contribution is -2.46. The van der Waals surface area contributed by atoms with Crippen LogP contribution in [0.2, 0.25) is 0 Å². The number of carbonyl (C=O) groups is 1. The average molecular weight is 166 g/mol. The topological polar surface area (TPSA) is 23.6 Å². The normalized spacial score (nSPS) is 18.8. The molecule has 12 heavy (non-hydrogen) atoms. The van der Waals surface area contributed by atoms with Crippen molar-refractivity contribution in [3.8, 4) is 12.3 Å². The summed E-state index contributed by atoms with van der Waals surface area (Å²) in [6.07, 6.45) is 5.30. The lowest BCUT2D eigenvalue weighted by Gasteiger charge is -2.32. The Hall–Kier alpha value is -1.01. The summed E-state index contributed by atoms with van der Waals surface area (Å²) < 4.78 is 0. The Morgan fingerprint density at radius 1 is 1.42 bits per heavy atom. The summed E-state index contributed by atoms with van der Waals surface area (Å²) in [5.74, 6) is 2.46. The summed E-state index contributed by atoms with van der Waals surface area (Å²) in [4.78, 5) is 15.3. The van der Waals surface area contributed by atoms with E-state index in [-0.39, 0.29) is 12.3 Å². The third-order valence-electron chi connectivity index (χ3n) is 2.11. The van der Waals surface area contributed by atoms with Crippen LogP contribution in [-0.2, 0) is 4.79 Å². The average Bonchev–Trinajstić information content (AvgIpc) is 2.06. The molecule has 1 aliphatic heterocycles. The van der Waals surface area contributed by atoms with E-state index in [0.717, 1.165) is 26.2 Å². The molecule has 0 radical (unpaired) electrons. The van der Waals surface area contributed by atoms with Crippen molar-refractivity contribution in [3.63, 3.8) is 0 Å². The standard InChI is InChI=1S/C9H14N2O/c1-3-4-9(12)11-7-5-10(2)6-8-11/h1H,4-8H2,2H3. The quantitative estimate of drug-likeness (QED) is 0.503. The number of hydrogen-bond acceptors (Lipinski definition) is 2. The summed E-state index contributed by atoms with van der Waals surface area (Å²) in [7, 11) is 2.06. The third kappa shape index (κ3) is 2.24. The Bertz CT molecular complexity index is 199. The maximum Gasteiger partial charge on any atom is 0.234 e. The highest BCUT2D eigenvalue weighted by atomic mass is 16.2. The molecular weight excluding hydrogens is 152 g/mol. The molecule has 1 fully saturated rings. The summed E-state index contributed by atoms with van der Waals surface area (Å²) in [6, 6.07) is 0. The summed E-state index contributed by atoms with van der Waals surface area (Å²) in [6.45, 7) is 3.54. The number of nitrogens with zero attached hydrogens (tertiary/aromatic N) is 2. The Kier molecular flexibility index (Phi) is 3.12. The van der Waals surface area contributed by atoms with Crippen molar-refractivity contribution in [2.75, 3.05) is 33.2 Å². The van der Waals surface area contributed by atoms with Crippen LogP contribution >= 0.6 is 0 Å². The molecule has 66 valence electrons. The number of piperazine rings is 1. The second kappa shape index (κ2) is 4.13. The van der Waals surface area contributed by atoms with Gasteiger partial charge in [-0.2, -0.15) is 0 Å². The van der Waals surface area contributed by atoms with Crippen molar-refractivity contribution in [3.05, 3.63) is 0 Å². The van der Waals surface area contributed by atoms with Crippen molar-refractivity contribution in [1.82, 2.24) is 9.80 Å². The van der Waals surface area contributed by atoms with Crippen LogP contribution in [0.3, 0.4) is 0 Å². The van der Waals surface area contributed by atoms with Gasteiger partial charge in [0, 0.05) is 26.2 Å². The lowest BCUT2D eigenvalue weighted by molar-refractivity contribution is -0.131. The summed E-state index contributed by atoms with van der Waals surface area (Å²) in [5.41, 5.74) is 0. The highest BCUT2D eigenvalue weighted by molar-refractivity contribution is 5.78. The predicted molar refractivity (Wildman–Crippen MR) is 47.5 cm³/mol. The monoisotopic (exact) mass is 166 g/mol. The SMILES string of the molecule is C#CCC(=O)N1CCN(C)CC1.